The molecule has 1 aromatic heterocycles. The molecule has 3 rings (SSSR count). The number of hydrogen-bond donors (Lipinski definition) is 1. The van der Waals surface area contributed by atoms with Crippen molar-refractivity contribution in [2.75, 3.05) is 13.6 Å². The summed E-state index contributed by atoms with van der Waals surface area (Å²) in [7, 11) is 1.82. The molecule has 0 saturated carbocycles. The van der Waals surface area contributed by atoms with Crippen LogP contribution >= 0.6 is 0 Å². The summed E-state index contributed by atoms with van der Waals surface area (Å²) in [6.45, 7) is 6.40. The van der Waals surface area contributed by atoms with E-state index in [0.717, 1.165) is 28.9 Å². The molecule has 146 valence electrons. The van der Waals surface area contributed by atoms with Crippen molar-refractivity contribution in [1.29, 1.82) is 0 Å². The number of aromatic nitrogens is 2. The number of likely N-dealkylation sites (N-methyl/N-ethyl adjacent to an activating group) is 1. The lowest BCUT2D eigenvalue weighted by Crippen LogP contribution is -2.39. The van der Waals surface area contributed by atoms with E-state index in [1.54, 1.807) is 11.8 Å². The van der Waals surface area contributed by atoms with Gasteiger partial charge >= 0.3 is 0 Å². The fourth-order valence-corrected chi connectivity index (χ4v) is 3.31. The smallest absolute Gasteiger partial charge is 0.263 e. The number of nitrogens with one attached hydrogen (secondary N) is 1. The highest BCUT2D eigenvalue weighted by Crippen LogP contribution is 2.30. The zero-order valence-electron chi connectivity index (χ0n) is 16.9. The first-order valence-electron chi connectivity index (χ1n) is 9.54. The quantitative estimate of drug-likeness (QED) is 0.672. The van der Waals surface area contributed by atoms with E-state index in [-0.39, 0.29) is 5.91 Å². The highest BCUT2D eigenvalue weighted by atomic mass is 16.5. The highest BCUT2D eigenvalue weighted by molar-refractivity contribution is 5.81. The van der Waals surface area contributed by atoms with Crippen molar-refractivity contribution in [1.82, 2.24) is 15.1 Å². The standard InChI is InChI=1S/C23H27N3O2/c1-16-20(17(2)25-24-16)14-15-26(4)23(27)18(3)28-22-13-9-8-12-21(22)19-10-6-5-7-11-19/h5-13,18H,14-15H2,1-4H3,(H,24,25). The highest BCUT2D eigenvalue weighted by Gasteiger charge is 2.21. The fourth-order valence-electron chi connectivity index (χ4n) is 3.31. The number of aryl methyl sites for hydroxylation is 2. The molecule has 1 atom stereocenters. The number of aromatic amines is 1. The van der Waals surface area contributed by atoms with Gasteiger partial charge in [-0.05, 0) is 44.4 Å². The predicted octanol–water partition coefficient (Wildman–Crippen LogP) is 4.16. The summed E-state index contributed by atoms with van der Waals surface area (Å²) in [5.41, 5.74) is 5.26. The van der Waals surface area contributed by atoms with E-state index in [1.807, 2.05) is 75.5 Å². The molecule has 1 amide bonds. The van der Waals surface area contributed by atoms with E-state index in [1.165, 1.54) is 5.56 Å². The summed E-state index contributed by atoms with van der Waals surface area (Å²) >= 11 is 0. The molecule has 2 aromatic carbocycles. The normalized spacial score (nSPS) is 11.9. The maximum absolute atomic E-state index is 12.8. The van der Waals surface area contributed by atoms with Gasteiger partial charge in [-0.3, -0.25) is 9.89 Å². The van der Waals surface area contributed by atoms with Crippen LogP contribution in [-0.4, -0.2) is 40.7 Å². The van der Waals surface area contributed by atoms with Crippen LogP contribution in [0, 0.1) is 13.8 Å². The number of benzene rings is 2. The van der Waals surface area contributed by atoms with Crippen molar-refractivity contribution in [2.24, 2.45) is 0 Å². The fraction of sp³-hybridized carbons (Fsp3) is 0.304. The largest absolute Gasteiger partial charge is 0.480 e. The molecule has 0 saturated heterocycles. The molecule has 1 heterocycles. The second kappa shape index (κ2) is 8.74. The molecule has 0 bridgehead atoms. The molecule has 0 aliphatic rings. The van der Waals surface area contributed by atoms with Gasteiger partial charge in [0.2, 0.25) is 0 Å². The van der Waals surface area contributed by atoms with Gasteiger partial charge in [-0.2, -0.15) is 5.10 Å². The lowest BCUT2D eigenvalue weighted by Gasteiger charge is -2.23. The third-order valence-corrected chi connectivity index (χ3v) is 4.98. The van der Waals surface area contributed by atoms with E-state index in [2.05, 4.69) is 10.2 Å². The number of ether oxygens (including phenoxy) is 1. The van der Waals surface area contributed by atoms with Gasteiger partial charge in [0.05, 0.1) is 5.69 Å². The average Bonchev–Trinajstić information content (AvgIpc) is 3.04. The number of amides is 1. The maximum Gasteiger partial charge on any atom is 0.263 e. The van der Waals surface area contributed by atoms with Crippen LogP contribution in [0.4, 0.5) is 0 Å². The van der Waals surface area contributed by atoms with Gasteiger partial charge in [0.25, 0.3) is 5.91 Å². The molecule has 1 unspecified atom stereocenters. The lowest BCUT2D eigenvalue weighted by atomic mass is 10.0. The SMILES string of the molecule is Cc1n[nH]c(C)c1CCN(C)C(=O)C(C)Oc1ccccc1-c1ccccc1. The van der Waals surface area contributed by atoms with Gasteiger partial charge in [-0.25, -0.2) is 0 Å². The first-order valence-corrected chi connectivity index (χ1v) is 9.54. The van der Waals surface area contributed by atoms with Crippen LogP contribution < -0.4 is 4.74 Å². The Morgan fingerprint density at radius 2 is 1.79 bits per heavy atom. The molecule has 28 heavy (non-hydrogen) atoms. The van der Waals surface area contributed by atoms with Crippen LogP contribution in [0.15, 0.2) is 54.6 Å². The molecule has 5 nitrogen and oxygen atoms in total. The number of carbonyl (C=O) groups excluding carboxylic acids is 1. The molecule has 1 N–H and O–H groups in total. The molecule has 3 aromatic rings. The van der Waals surface area contributed by atoms with Crippen LogP contribution in [0.1, 0.15) is 23.9 Å². The number of rotatable bonds is 7. The summed E-state index contributed by atoms with van der Waals surface area (Å²) in [5.74, 6) is 0.672. The van der Waals surface area contributed by atoms with Crippen LogP contribution in [0.3, 0.4) is 0 Å². The van der Waals surface area contributed by atoms with E-state index in [9.17, 15) is 4.79 Å². The lowest BCUT2D eigenvalue weighted by molar-refractivity contribution is -0.136. The first kappa shape index (κ1) is 19.7. The Bertz CT molecular complexity index is 915. The Morgan fingerprint density at radius 3 is 2.46 bits per heavy atom. The van der Waals surface area contributed by atoms with Crippen molar-refractivity contribution in [2.45, 2.75) is 33.3 Å². The minimum Gasteiger partial charge on any atom is -0.480 e. The maximum atomic E-state index is 12.8. The Morgan fingerprint density at radius 1 is 1.11 bits per heavy atom. The summed E-state index contributed by atoms with van der Waals surface area (Å²) in [6, 6.07) is 17.9. The summed E-state index contributed by atoms with van der Waals surface area (Å²) in [6.07, 6.45) is 0.199. The summed E-state index contributed by atoms with van der Waals surface area (Å²) < 4.78 is 6.06. The molecular formula is C23H27N3O2. The molecule has 5 heteroatoms. The summed E-state index contributed by atoms with van der Waals surface area (Å²) in [4.78, 5) is 14.5. The van der Waals surface area contributed by atoms with Gasteiger partial charge in [0.1, 0.15) is 5.75 Å². The van der Waals surface area contributed by atoms with Crippen molar-refractivity contribution in [3.05, 3.63) is 71.5 Å². The van der Waals surface area contributed by atoms with E-state index >= 15 is 0 Å². The number of para-hydroxylation sites is 1. The minimum absolute atomic E-state index is 0.0401. The molecule has 0 spiro atoms. The third kappa shape index (κ3) is 4.42. The van der Waals surface area contributed by atoms with E-state index in [0.29, 0.717) is 12.3 Å². The Labute approximate surface area is 166 Å². The van der Waals surface area contributed by atoms with Gasteiger partial charge < -0.3 is 9.64 Å². The molecule has 0 fully saturated rings. The number of hydrogen-bond acceptors (Lipinski definition) is 3. The number of nitrogens with zero attached hydrogens (tertiary/aromatic N) is 2. The number of carbonyl (C=O) groups is 1. The second-order valence-electron chi connectivity index (χ2n) is 7.04. The van der Waals surface area contributed by atoms with Crippen LogP contribution in [0.25, 0.3) is 11.1 Å². The second-order valence-corrected chi connectivity index (χ2v) is 7.04. The first-order chi connectivity index (χ1) is 13.5. The van der Waals surface area contributed by atoms with Gasteiger partial charge in [0.15, 0.2) is 6.10 Å². The zero-order valence-corrected chi connectivity index (χ0v) is 16.9. The van der Waals surface area contributed by atoms with Crippen LogP contribution in [0.2, 0.25) is 0 Å². The van der Waals surface area contributed by atoms with E-state index in [4.69, 9.17) is 4.74 Å². The van der Waals surface area contributed by atoms with Gasteiger partial charge in [-0.1, -0.05) is 48.5 Å². The van der Waals surface area contributed by atoms with Gasteiger partial charge in [0, 0.05) is 24.8 Å². The van der Waals surface area contributed by atoms with Crippen LogP contribution in [0.5, 0.6) is 5.75 Å². The minimum atomic E-state index is -0.568. The molecule has 0 aliphatic heterocycles. The van der Waals surface area contributed by atoms with E-state index < -0.39 is 6.10 Å². The third-order valence-electron chi connectivity index (χ3n) is 4.98. The van der Waals surface area contributed by atoms with Crippen molar-refractivity contribution in [3.8, 4) is 16.9 Å². The molecule has 0 aliphatic carbocycles. The average molecular weight is 377 g/mol. The van der Waals surface area contributed by atoms with Crippen molar-refractivity contribution < 1.29 is 9.53 Å². The zero-order chi connectivity index (χ0) is 20.1. The molecule has 0 radical (unpaired) electrons. The Kier molecular flexibility index (Phi) is 6.14. The van der Waals surface area contributed by atoms with Crippen LogP contribution in [-0.2, 0) is 11.2 Å². The van der Waals surface area contributed by atoms with Crippen molar-refractivity contribution >= 4 is 5.91 Å². The Balaban J connectivity index is 1.66. The number of H-pyrrole nitrogens is 1. The van der Waals surface area contributed by atoms with Crippen molar-refractivity contribution in [3.63, 3.8) is 0 Å². The van der Waals surface area contributed by atoms with Gasteiger partial charge in [-0.15, -0.1) is 0 Å². The topological polar surface area (TPSA) is 58.2 Å². The monoisotopic (exact) mass is 377 g/mol. The Hall–Kier alpha value is -3.08. The molecular weight excluding hydrogens is 350 g/mol. The summed E-state index contributed by atoms with van der Waals surface area (Å²) in [5, 5.41) is 7.20. The predicted molar refractivity (Wildman–Crippen MR) is 111 cm³/mol.